The van der Waals surface area contributed by atoms with E-state index in [9.17, 15) is 26.0 Å². The van der Waals surface area contributed by atoms with Gasteiger partial charge in [-0.25, -0.2) is 12.8 Å². The largest absolute Gasteiger partial charge is 0.416 e. The number of hydrogen-bond acceptors (Lipinski definition) is 4. The Balaban J connectivity index is 1.51. The molecule has 2 aromatic carbocycles. The van der Waals surface area contributed by atoms with Crippen molar-refractivity contribution in [3.05, 3.63) is 69.7 Å². The molecule has 0 aliphatic carbocycles. The van der Waals surface area contributed by atoms with E-state index in [0.29, 0.717) is 16.8 Å². The summed E-state index contributed by atoms with van der Waals surface area (Å²) in [7, 11) is -3.44. The van der Waals surface area contributed by atoms with Gasteiger partial charge in [-0.05, 0) is 36.2 Å². The summed E-state index contributed by atoms with van der Waals surface area (Å²) in [5, 5.41) is 3.98. The molecule has 0 radical (unpaired) electrons. The highest BCUT2D eigenvalue weighted by Gasteiger charge is 2.49. The predicted molar refractivity (Wildman–Crippen MR) is 112 cm³/mol. The SMILES string of the molecule is CC1(c2cc(Cl)cc(C(F)(F)F)c2)CC(c2ccc(C3(F)CN(S(C)(=O)=O)C3)cc2)=NO1. The molecular formula is C21H19ClF4N2O3S. The first kappa shape index (κ1) is 23.0. The minimum atomic E-state index is -4.55. The van der Waals surface area contributed by atoms with Gasteiger partial charge >= 0.3 is 6.18 Å². The summed E-state index contributed by atoms with van der Waals surface area (Å²) in [6, 6.07) is 9.62. The van der Waals surface area contributed by atoms with Crippen LogP contribution in [-0.4, -0.2) is 37.8 Å². The zero-order valence-corrected chi connectivity index (χ0v) is 18.7. The van der Waals surface area contributed by atoms with E-state index >= 15 is 0 Å². The third-order valence-corrected chi connectivity index (χ3v) is 7.17. The van der Waals surface area contributed by atoms with Gasteiger partial charge in [0.05, 0.1) is 30.6 Å². The fourth-order valence-electron chi connectivity index (χ4n) is 3.80. The van der Waals surface area contributed by atoms with Gasteiger partial charge in [-0.15, -0.1) is 0 Å². The maximum absolute atomic E-state index is 15.0. The van der Waals surface area contributed by atoms with Crippen molar-refractivity contribution in [2.45, 2.75) is 30.8 Å². The van der Waals surface area contributed by atoms with Crippen LogP contribution in [0.3, 0.4) is 0 Å². The van der Waals surface area contributed by atoms with Gasteiger partial charge < -0.3 is 4.84 Å². The van der Waals surface area contributed by atoms with Crippen LogP contribution in [0.5, 0.6) is 0 Å². The van der Waals surface area contributed by atoms with Crippen LogP contribution >= 0.6 is 11.6 Å². The highest BCUT2D eigenvalue weighted by Crippen LogP contribution is 2.41. The molecule has 1 atom stereocenters. The summed E-state index contributed by atoms with van der Waals surface area (Å²) in [5.74, 6) is 0. The summed E-state index contributed by atoms with van der Waals surface area (Å²) >= 11 is 5.90. The first-order chi connectivity index (χ1) is 14.7. The van der Waals surface area contributed by atoms with Gasteiger partial charge in [0.2, 0.25) is 10.0 Å². The summed E-state index contributed by atoms with van der Waals surface area (Å²) in [6.45, 7) is 1.13. The number of alkyl halides is 4. The van der Waals surface area contributed by atoms with Crippen LogP contribution in [-0.2, 0) is 32.3 Å². The number of hydrogen-bond donors (Lipinski definition) is 0. The maximum Gasteiger partial charge on any atom is 0.416 e. The lowest BCUT2D eigenvalue weighted by Gasteiger charge is -2.43. The van der Waals surface area contributed by atoms with Crippen LogP contribution < -0.4 is 0 Å². The molecule has 11 heteroatoms. The van der Waals surface area contributed by atoms with E-state index in [2.05, 4.69) is 5.16 Å². The lowest BCUT2D eigenvalue weighted by atomic mass is 9.86. The topological polar surface area (TPSA) is 59.0 Å². The third-order valence-electron chi connectivity index (χ3n) is 5.76. The van der Waals surface area contributed by atoms with E-state index < -0.39 is 33.0 Å². The molecular weight excluding hydrogens is 472 g/mol. The number of nitrogens with zero attached hydrogens (tertiary/aromatic N) is 2. The van der Waals surface area contributed by atoms with Gasteiger partial charge in [0.1, 0.15) is 0 Å². The number of rotatable bonds is 4. The Morgan fingerprint density at radius 1 is 1.09 bits per heavy atom. The first-order valence-corrected chi connectivity index (χ1v) is 11.8. The fourth-order valence-corrected chi connectivity index (χ4v) is 4.91. The van der Waals surface area contributed by atoms with Gasteiger partial charge in [-0.1, -0.05) is 41.0 Å². The van der Waals surface area contributed by atoms with Crippen LogP contribution in [0.2, 0.25) is 5.02 Å². The van der Waals surface area contributed by atoms with Crippen molar-refractivity contribution < 1.29 is 30.8 Å². The van der Waals surface area contributed by atoms with Crippen LogP contribution in [0.25, 0.3) is 0 Å². The molecule has 32 heavy (non-hydrogen) atoms. The van der Waals surface area contributed by atoms with E-state index in [1.807, 2.05) is 0 Å². The first-order valence-electron chi connectivity index (χ1n) is 9.58. The van der Waals surface area contributed by atoms with Crippen LogP contribution in [0.4, 0.5) is 17.6 Å². The molecule has 0 spiro atoms. The molecule has 2 heterocycles. The van der Waals surface area contributed by atoms with E-state index in [1.165, 1.54) is 6.07 Å². The Labute approximate surface area is 187 Å². The molecule has 0 saturated carbocycles. The van der Waals surface area contributed by atoms with Crippen molar-refractivity contribution in [1.82, 2.24) is 4.31 Å². The molecule has 0 amide bonds. The van der Waals surface area contributed by atoms with Gasteiger partial charge in [0.15, 0.2) is 11.3 Å². The molecule has 1 fully saturated rings. The molecule has 1 saturated heterocycles. The van der Waals surface area contributed by atoms with E-state index in [1.54, 1.807) is 31.2 Å². The molecule has 5 nitrogen and oxygen atoms in total. The van der Waals surface area contributed by atoms with E-state index in [-0.39, 0.29) is 30.1 Å². The number of benzene rings is 2. The zero-order chi connectivity index (χ0) is 23.5. The number of sulfonamides is 1. The van der Waals surface area contributed by atoms with Crippen LogP contribution in [0.1, 0.15) is 35.6 Å². The lowest BCUT2D eigenvalue weighted by Crippen LogP contribution is -2.58. The van der Waals surface area contributed by atoms with Crippen molar-refractivity contribution in [3.63, 3.8) is 0 Å². The van der Waals surface area contributed by atoms with E-state index in [0.717, 1.165) is 22.7 Å². The van der Waals surface area contributed by atoms with Crippen molar-refractivity contribution in [2.24, 2.45) is 5.16 Å². The molecule has 1 unspecified atom stereocenters. The summed E-state index contributed by atoms with van der Waals surface area (Å²) < 4.78 is 78.5. The number of halogens is 5. The summed E-state index contributed by atoms with van der Waals surface area (Å²) in [6.07, 6.45) is -3.33. The minimum Gasteiger partial charge on any atom is -0.384 e. The van der Waals surface area contributed by atoms with Crippen LogP contribution in [0.15, 0.2) is 47.6 Å². The highest BCUT2D eigenvalue weighted by atomic mass is 35.5. The molecule has 0 bridgehead atoms. The Bertz CT molecular complexity index is 1190. The fraction of sp³-hybridized carbons (Fsp3) is 0.381. The van der Waals surface area contributed by atoms with Crippen LogP contribution in [0, 0.1) is 0 Å². The Kier molecular flexibility index (Phi) is 5.34. The second kappa shape index (κ2) is 7.43. The average Bonchev–Trinajstić information content (AvgIpc) is 3.07. The smallest absolute Gasteiger partial charge is 0.384 e. The van der Waals surface area contributed by atoms with Gasteiger partial charge in [0.25, 0.3) is 0 Å². The quantitative estimate of drug-likeness (QED) is 0.576. The van der Waals surface area contributed by atoms with Crippen molar-refractivity contribution in [1.29, 1.82) is 0 Å². The molecule has 172 valence electrons. The monoisotopic (exact) mass is 490 g/mol. The lowest BCUT2D eigenvalue weighted by molar-refractivity contribution is -0.137. The van der Waals surface area contributed by atoms with E-state index in [4.69, 9.17) is 16.4 Å². The standard InChI is InChI=1S/C21H19ClF4N2O3S/c1-19(15-7-16(21(24,25)26)9-17(22)8-15)10-18(27-31-19)13-3-5-14(6-4-13)20(23)11-28(12-20)32(2,29)30/h3-9H,10-12H2,1-2H3. The average molecular weight is 491 g/mol. The summed E-state index contributed by atoms with van der Waals surface area (Å²) in [4.78, 5) is 5.51. The molecule has 2 aliphatic heterocycles. The normalized spacial score (nSPS) is 23.4. The van der Waals surface area contributed by atoms with Gasteiger partial charge in [0, 0.05) is 17.0 Å². The highest BCUT2D eigenvalue weighted by molar-refractivity contribution is 7.88. The third kappa shape index (κ3) is 4.23. The molecule has 0 aromatic heterocycles. The zero-order valence-electron chi connectivity index (χ0n) is 17.1. The molecule has 2 aliphatic rings. The predicted octanol–water partition coefficient (Wildman–Crippen LogP) is 4.84. The second-order valence-electron chi connectivity index (χ2n) is 8.34. The van der Waals surface area contributed by atoms with Crippen molar-refractivity contribution in [3.8, 4) is 0 Å². The summed E-state index contributed by atoms with van der Waals surface area (Å²) in [5.41, 5.74) is -2.09. The second-order valence-corrected chi connectivity index (χ2v) is 10.8. The van der Waals surface area contributed by atoms with Crippen molar-refractivity contribution in [2.75, 3.05) is 19.3 Å². The van der Waals surface area contributed by atoms with Gasteiger partial charge in [-0.3, -0.25) is 0 Å². The van der Waals surface area contributed by atoms with Crippen molar-refractivity contribution >= 4 is 27.3 Å². The molecule has 0 N–H and O–H groups in total. The molecule has 4 rings (SSSR count). The molecule has 2 aromatic rings. The Morgan fingerprint density at radius 3 is 2.28 bits per heavy atom. The maximum atomic E-state index is 15.0. The number of oxime groups is 1. The Morgan fingerprint density at radius 2 is 1.72 bits per heavy atom. The van der Waals surface area contributed by atoms with Gasteiger partial charge in [-0.2, -0.15) is 17.5 Å². The minimum absolute atomic E-state index is 0.0608. The Hall–Kier alpha value is -2.17.